The third kappa shape index (κ3) is 4.03. The molecule has 1 saturated heterocycles. The monoisotopic (exact) mass is 408 g/mol. The summed E-state index contributed by atoms with van der Waals surface area (Å²) in [5, 5.41) is 5.32. The van der Waals surface area contributed by atoms with Crippen molar-refractivity contribution in [2.45, 2.75) is 19.4 Å². The van der Waals surface area contributed by atoms with E-state index in [0.717, 1.165) is 10.5 Å². The molecular weight excluding hydrogens is 384 g/mol. The summed E-state index contributed by atoms with van der Waals surface area (Å²) in [5.41, 5.74) is 1.41. The van der Waals surface area contributed by atoms with Crippen molar-refractivity contribution in [3.8, 4) is 0 Å². The lowest BCUT2D eigenvalue weighted by atomic mass is 9.91. The van der Waals surface area contributed by atoms with Gasteiger partial charge in [0, 0.05) is 25.3 Å². The van der Waals surface area contributed by atoms with E-state index < -0.39 is 29.9 Å². The molecule has 1 aliphatic heterocycles. The van der Waals surface area contributed by atoms with Gasteiger partial charge in [0.2, 0.25) is 5.91 Å². The molecular formula is C22H24N4O4. The molecule has 1 heterocycles. The molecule has 1 unspecified atom stereocenters. The van der Waals surface area contributed by atoms with E-state index in [1.807, 2.05) is 19.1 Å². The zero-order valence-corrected chi connectivity index (χ0v) is 17.4. The zero-order chi connectivity index (χ0) is 22.1. The number of nitrogens with one attached hydrogen (secondary N) is 2. The molecule has 2 aromatic rings. The molecule has 0 spiro atoms. The summed E-state index contributed by atoms with van der Waals surface area (Å²) in [7, 11) is 3.31. The van der Waals surface area contributed by atoms with Crippen LogP contribution in [0.15, 0.2) is 48.5 Å². The molecule has 8 nitrogen and oxygen atoms in total. The van der Waals surface area contributed by atoms with Crippen molar-refractivity contribution in [3.63, 3.8) is 0 Å². The number of carbonyl (C=O) groups is 4. The smallest absolute Gasteiger partial charge is 0.325 e. The van der Waals surface area contributed by atoms with Crippen molar-refractivity contribution in [1.82, 2.24) is 15.1 Å². The Balaban J connectivity index is 1.68. The molecule has 0 bridgehead atoms. The molecule has 1 atom stereocenters. The topological polar surface area (TPSA) is 98.8 Å². The van der Waals surface area contributed by atoms with Gasteiger partial charge in [-0.2, -0.15) is 0 Å². The lowest BCUT2D eigenvalue weighted by Gasteiger charge is -2.22. The van der Waals surface area contributed by atoms with Crippen LogP contribution in [0.25, 0.3) is 0 Å². The second-order valence-electron chi connectivity index (χ2n) is 7.64. The average molecular weight is 408 g/mol. The van der Waals surface area contributed by atoms with Gasteiger partial charge in [-0.1, -0.05) is 29.8 Å². The first-order valence-corrected chi connectivity index (χ1v) is 9.44. The summed E-state index contributed by atoms with van der Waals surface area (Å²) in [4.78, 5) is 52.0. The summed E-state index contributed by atoms with van der Waals surface area (Å²) in [5.74, 6) is -1.15. The molecule has 1 fully saturated rings. The highest BCUT2D eigenvalue weighted by Crippen LogP contribution is 2.29. The number of imide groups is 1. The van der Waals surface area contributed by atoms with Crippen molar-refractivity contribution in [2.75, 3.05) is 26.0 Å². The number of nitrogens with zero attached hydrogens (tertiary/aromatic N) is 2. The summed E-state index contributed by atoms with van der Waals surface area (Å²) in [6.45, 7) is 3.14. The number of carbonyl (C=O) groups excluding carboxylic acids is 4. The molecule has 5 amide bonds. The van der Waals surface area contributed by atoms with Gasteiger partial charge in [0.05, 0.1) is 0 Å². The molecule has 8 heteroatoms. The molecule has 3 rings (SSSR count). The van der Waals surface area contributed by atoms with Gasteiger partial charge in [0.25, 0.3) is 11.8 Å². The van der Waals surface area contributed by atoms with Crippen molar-refractivity contribution in [1.29, 1.82) is 0 Å². The average Bonchev–Trinajstić information content (AvgIpc) is 2.92. The minimum Gasteiger partial charge on any atom is -0.345 e. The fraction of sp³-hybridized carbons (Fsp3) is 0.273. The SMILES string of the molecule is Cc1ccc(C2(C)NC(=O)N(CC(=O)Nc3ccc(C(=O)N(C)C)cc3)C2=O)cc1. The van der Waals surface area contributed by atoms with E-state index in [0.29, 0.717) is 16.8 Å². The van der Waals surface area contributed by atoms with Crippen molar-refractivity contribution >= 4 is 29.4 Å². The van der Waals surface area contributed by atoms with E-state index in [2.05, 4.69) is 10.6 Å². The van der Waals surface area contributed by atoms with E-state index in [9.17, 15) is 19.2 Å². The third-order valence-corrected chi connectivity index (χ3v) is 5.03. The Bertz CT molecular complexity index is 999. The first-order valence-electron chi connectivity index (χ1n) is 9.44. The molecule has 0 aromatic heterocycles. The van der Waals surface area contributed by atoms with Gasteiger partial charge >= 0.3 is 6.03 Å². The van der Waals surface area contributed by atoms with E-state index in [1.165, 1.54) is 4.90 Å². The van der Waals surface area contributed by atoms with Gasteiger partial charge in [0.15, 0.2) is 0 Å². The molecule has 0 aliphatic carbocycles. The predicted octanol–water partition coefficient (Wildman–Crippen LogP) is 2.10. The number of aryl methyl sites for hydroxylation is 1. The number of hydrogen-bond donors (Lipinski definition) is 2. The van der Waals surface area contributed by atoms with Crippen LogP contribution < -0.4 is 10.6 Å². The Kier molecular flexibility index (Phi) is 5.60. The summed E-state index contributed by atoms with van der Waals surface area (Å²) in [6.07, 6.45) is 0. The van der Waals surface area contributed by atoms with Crippen LogP contribution in [0.5, 0.6) is 0 Å². The maximum Gasteiger partial charge on any atom is 0.325 e. The predicted molar refractivity (Wildman–Crippen MR) is 112 cm³/mol. The minimum absolute atomic E-state index is 0.150. The molecule has 2 aromatic carbocycles. The Hall–Kier alpha value is -3.68. The van der Waals surface area contributed by atoms with Crippen LogP contribution >= 0.6 is 0 Å². The zero-order valence-electron chi connectivity index (χ0n) is 17.4. The number of anilines is 1. The standard InChI is InChI=1S/C22H24N4O4/c1-14-5-9-16(10-6-14)22(2)20(29)26(21(30)24-22)13-18(27)23-17-11-7-15(8-12-17)19(28)25(3)4/h5-12H,13H2,1-4H3,(H,23,27)(H,24,30). The third-order valence-electron chi connectivity index (χ3n) is 5.03. The van der Waals surface area contributed by atoms with Crippen LogP contribution in [0, 0.1) is 6.92 Å². The highest BCUT2D eigenvalue weighted by molar-refractivity contribution is 6.10. The Morgan fingerprint density at radius 3 is 2.20 bits per heavy atom. The van der Waals surface area contributed by atoms with Crippen molar-refractivity contribution in [2.24, 2.45) is 0 Å². The fourth-order valence-corrected chi connectivity index (χ4v) is 3.22. The number of benzene rings is 2. The molecule has 30 heavy (non-hydrogen) atoms. The fourth-order valence-electron chi connectivity index (χ4n) is 3.22. The van der Waals surface area contributed by atoms with Crippen molar-refractivity contribution < 1.29 is 19.2 Å². The quantitative estimate of drug-likeness (QED) is 0.740. The lowest BCUT2D eigenvalue weighted by Crippen LogP contribution is -2.42. The summed E-state index contributed by atoms with van der Waals surface area (Å²) in [6, 6.07) is 13.1. The van der Waals surface area contributed by atoms with Crippen LogP contribution in [0.4, 0.5) is 10.5 Å². The van der Waals surface area contributed by atoms with E-state index >= 15 is 0 Å². The number of amides is 5. The number of rotatable bonds is 5. The van der Waals surface area contributed by atoms with E-state index in [1.54, 1.807) is 57.4 Å². The molecule has 2 N–H and O–H groups in total. The second kappa shape index (κ2) is 7.98. The maximum atomic E-state index is 12.9. The summed E-state index contributed by atoms with van der Waals surface area (Å²) < 4.78 is 0. The number of urea groups is 1. The van der Waals surface area contributed by atoms with Gasteiger partial charge in [0.1, 0.15) is 12.1 Å². The largest absolute Gasteiger partial charge is 0.345 e. The molecule has 0 saturated carbocycles. The summed E-state index contributed by atoms with van der Waals surface area (Å²) >= 11 is 0. The van der Waals surface area contributed by atoms with Gasteiger partial charge < -0.3 is 15.5 Å². The van der Waals surface area contributed by atoms with E-state index in [4.69, 9.17) is 0 Å². The minimum atomic E-state index is -1.22. The van der Waals surface area contributed by atoms with Crippen LogP contribution in [-0.2, 0) is 15.1 Å². The second-order valence-corrected chi connectivity index (χ2v) is 7.64. The highest BCUT2D eigenvalue weighted by Gasteiger charge is 2.49. The van der Waals surface area contributed by atoms with Crippen LogP contribution in [-0.4, -0.2) is 54.2 Å². The first-order chi connectivity index (χ1) is 14.1. The molecule has 0 radical (unpaired) electrons. The Morgan fingerprint density at radius 2 is 1.63 bits per heavy atom. The van der Waals surface area contributed by atoms with Crippen LogP contribution in [0.3, 0.4) is 0 Å². The Morgan fingerprint density at radius 1 is 1.03 bits per heavy atom. The maximum absolute atomic E-state index is 12.9. The van der Waals surface area contributed by atoms with Crippen molar-refractivity contribution in [3.05, 3.63) is 65.2 Å². The van der Waals surface area contributed by atoms with Gasteiger partial charge in [-0.25, -0.2) is 4.79 Å². The normalized spacial score (nSPS) is 18.2. The van der Waals surface area contributed by atoms with Gasteiger partial charge in [-0.3, -0.25) is 19.3 Å². The molecule has 1 aliphatic rings. The van der Waals surface area contributed by atoms with Crippen LogP contribution in [0.1, 0.15) is 28.4 Å². The lowest BCUT2D eigenvalue weighted by molar-refractivity contribution is -0.133. The highest BCUT2D eigenvalue weighted by atomic mass is 16.2. The molecule has 156 valence electrons. The first kappa shape index (κ1) is 21.0. The van der Waals surface area contributed by atoms with Gasteiger partial charge in [-0.05, 0) is 43.7 Å². The van der Waals surface area contributed by atoms with E-state index in [-0.39, 0.29) is 5.91 Å². The number of hydrogen-bond acceptors (Lipinski definition) is 4. The Labute approximate surface area is 174 Å². The van der Waals surface area contributed by atoms with Crippen LogP contribution in [0.2, 0.25) is 0 Å². The van der Waals surface area contributed by atoms with Gasteiger partial charge in [-0.15, -0.1) is 0 Å².